The monoisotopic (exact) mass is 372 g/mol. The van der Waals surface area contributed by atoms with Gasteiger partial charge >= 0.3 is 0 Å². The first kappa shape index (κ1) is 17.6. The Hall–Kier alpha value is -2.76. The molecule has 2 aliphatic rings. The van der Waals surface area contributed by atoms with Crippen molar-refractivity contribution in [3.63, 3.8) is 0 Å². The van der Waals surface area contributed by atoms with E-state index in [0.29, 0.717) is 55.7 Å². The fraction of sp³-hybridized carbons (Fsp3) is 0.429. The summed E-state index contributed by atoms with van der Waals surface area (Å²) in [5.41, 5.74) is 1.63. The fourth-order valence-electron chi connectivity index (χ4n) is 3.63. The lowest BCUT2D eigenvalue weighted by molar-refractivity contribution is 0.0798. The molecule has 2 unspecified atom stereocenters. The second-order valence-corrected chi connectivity index (χ2v) is 7.00. The van der Waals surface area contributed by atoms with Crippen LogP contribution in [0.15, 0.2) is 24.3 Å². The van der Waals surface area contributed by atoms with E-state index in [-0.39, 0.29) is 23.5 Å². The molecule has 2 N–H and O–H groups in total. The standard InChI is InChI=1S/C21H24O6/c1-3-13-9-19-18(10-16(13)22)26-11-14(27-19)8-12(2)15-4-5-17-21(20(15)23)25-7-6-24-17/h4-5,9-10,12,14,22-23H,3,6-8,11H2,1-2H3. The van der Waals surface area contributed by atoms with Gasteiger partial charge in [-0.25, -0.2) is 0 Å². The zero-order valence-electron chi connectivity index (χ0n) is 15.5. The van der Waals surface area contributed by atoms with Crippen molar-refractivity contribution in [2.75, 3.05) is 19.8 Å². The van der Waals surface area contributed by atoms with Crippen LogP contribution in [0, 0.1) is 0 Å². The van der Waals surface area contributed by atoms with Crippen molar-refractivity contribution in [1.82, 2.24) is 0 Å². The molecule has 0 saturated heterocycles. The van der Waals surface area contributed by atoms with E-state index in [9.17, 15) is 10.2 Å². The topological polar surface area (TPSA) is 77.4 Å². The molecule has 2 aliphatic heterocycles. The zero-order valence-corrected chi connectivity index (χ0v) is 15.5. The van der Waals surface area contributed by atoms with Gasteiger partial charge in [0.15, 0.2) is 23.0 Å². The van der Waals surface area contributed by atoms with Crippen LogP contribution in [0.3, 0.4) is 0 Å². The van der Waals surface area contributed by atoms with Crippen LogP contribution >= 0.6 is 0 Å². The summed E-state index contributed by atoms with van der Waals surface area (Å²) in [6.45, 7) is 5.34. The Morgan fingerprint density at radius 3 is 2.67 bits per heavy atom. The molecule has 0 fully saturated rings. The number of hydrogen-bond acceptors (Lipinski definition) is 6. The minimum Gasteiger partial charge on any atom is -0.508 e. The number of ether oxygens (including phenoxy) is 4. The van der Waals surface area contributed by atoms with Gasteiger partial charge in [-0.2, -0.15) is 0 Å². The summed E-state index contributed by atoms with van der Waals surface area (Å²) in [5.74, 6) is 2.62. The van der Waals surface area contributed by atoms with Crippen molar-refractivity contribution in [2.24, 2.45) is 0 Å². The minimum absolute atomic E-state index is 0.0405. The van der Waals surface area contributed by atoms with Crippen molar-refractivity contribution in [1.29, 1.82) is 0 Å². The second-order valence-electron chi connectivity index (χ2n) is 7.00. The molecule has 27 heavy (non-hydrogen) atoms. The number of hydrogen-bond donors (Lipinski definition) is 2. The Labute approximate surface area is 158 Å². The number of aryl methyl sites for hydroxylation is 1. The van der Waals surface area contributed by atoms with Gasteiger partial charge in [-0.05, 0) is 36.5 Å². The highest BCUT2D eigenvalue weighted by atomic mass is 16.6. The number of phenolic OH excluding ortho intramolecular Hbond substituents is 2. The number of phenols is 2. The molecule has 0 radical (unpaired) electrons. The van der Waals surface area contributed by atoms with E-state index in [0.717, 1.165) is 11.1 Å². The molecule has 144 valence electrons. The van der Waals surface area contributed by atoms with Crippen LogP contribution in [0.1, 0.15) is 37.3 Å². The van der Waals surface area contributed by atoms with Crippen LogP contribution in [0.25, 0.3) is 0 Å². The number of aromatic hydroxyl groups is 2. The summed E-state index contributed by atoms with van der Waals surface area (Å²) in [6, 6.07) is 7.16. The molecule has 2 aromatic rings. The van der Waals surface area contributed by atoms with Crippen molar-refractivity contribution < 1.29 is 29.2 Å². The molecule has 0 spiro atoms. The van der Waals surface area contributed by atoms with Gasteiger partial charge < -0.3 is 29.2 Å². The first-order valence-corrected chi connectivity index (χ1v) is 9.33. The summed E-state index contributed by atoms with van der Waals surface area (Å²) in [4.78, 5) is 0. The maximum absolute atomic E-state index is 10.6. The maximum Gasteiger partial charge on any atom is 0.203 e. The van der Waals surface area contributed by atoms with Gasteiger partial charge in [-0.15, -0.1) is 0 Å². The minimum atomic E-state index is -0.144. The Kier molecular flexibility index (Phi) is 4.64. The molecule has 2 atom stereocenters. The molecular formula is C21H24O6. The summed E-state index contributed by atoms with van der Waals surface area (Å²) >= 11 is 0. The average molecular weight is 372 g/mol. The van der Waals surface area contributed by atoms with E-state index in [4.69, 9.17) is 18.9 Å². The summed E-state index contributed by atoms with van der Waals surface area (Å²) in [5, 5.41) is 20.6. The summed E-state index contributed by atoms with van der Waals surface area (Å²) in [6.07, 6.45) is 1.25. The average Bonchev–Trinajstić information content (AvgIpc) is 2.68. The van der Waals surface area contributed by atoms with Crippen molar-refractivity contribution in [3.05, 3.63) is 35.4 Å². The smallest absolute Gasteiger partial charge is 0.203 e. The fourth-order valence-corrected chi connectivity index (χ4v) is 3.63. The molecule has 0 bridgehead atoms. The SMILES string of the molecule is CCc1cc2c(cc1O)OCC(CC(C)c1ccc3c(c1O)OCCO3)O2. The third-order valence-corrected chi connectivity index (χ3v) is 5.11. The molecule has 6 nitrogen and oxygen atoms in total. The molecule has 0 saturated carbocycles. The van der Waals surface area contributed by atoms with Gasteiger partial charge in [0.25, 0.3) is 0 Å². The van der Waals surface area contributed by atoms with Crippen molar-refractivity contribution >= 4 is 0 Å². The molecule has 0 aliphatic carbocycles. The molecule has 6 heteroatoms. The predicted octanol–water partition coefficient (Wildman–Crippen LogP) is 3.77. The molecule has 2 heterocycles. The van der Waals surface area contributed by atoms with E-state index in [2.05, 4.69) is 0 Å². The highest BCUT2D eigenvalue weighted by Crippen LogP contribution is 2.45. The highest BCUT2D eigenvalue weighted by Gasteiger charge is 2.27. The Balaban J connectivity index is 1.50. The van der Waals surface area contributed by atoms with Gasteiger partial charge in [0.1, 0.15) is 31.7 Å². The lowest BCUT2D eigenvalue weighted by atomic mass is 9.93. The van der Waals surface area contributed by atoms with Crippen LogP contribution in [0.2, 0.25) is 0 Å². The van der Waals surface area contributed by atoms with Gasteiger partial charge in [0.05, 0.1) is 0 Å². The Bertz CT molecular complexity index is 847. The lowest BCUT2D eigenvalue weighted by Gasteiger charge is -2.29. The summed E-state index contributed by atoms with van der Waals surface area (Å²) in [7, 11) is 0. The molecule has 0 aromatic heterocycles. The van der Waals surface area contributed by atoms with Crippen molar-refractivity contribution in [3.8, 4) is 34.5 Å². The van der Waals surface area contributed by atoms with Crippen LogP contribution in [0.5, 0.6) is 34.5 Å². The van der Waals surface area contributed by atoms with E-state index >= 15 is 0 Å². The summed E-state index contributed by atoms with van der Waals surface area (Å²) < 4.78 is 23.0. The van der Waals surface area contributed by atoms with Gasteiger partial charge in [-0.1, -0.05) is 19.9 Å². The van der Waals surface area contributed by atoms with Gasteiger partial charge in [-0.3, -0.25) is 0 Å². The lowest BCUT2D eigenvalue weighted by Crippen LogP contribution is -2.30. The molecule has 2 aromatic carbocycles. The van der Waals surface area contributed by atoms with E-state index in [1.165, 1.54) is 0 Å². The molecular weight excluding hydrogens is 348 g/mol. The van der Waals surface area contributed by atoms with Crippen LogP contribution < -0.4 is 18.9 Å². The number of benzene rings is 2. The van der Waals surface area contributed by atoms with E-state index in [1.807, 2.05) is 32.0 Å². The first-order valence-electron chi connectivity index (χ1n) is 9.33. The van der Waals surface area contributed by atoms with Crippen molar-refractivity contribution in [2.45, 2.75) is 38.7 Å². The normalized spacial score (nSPS) is 18.8. The third-order valence-electron chi connectivity index (χ3n) is 5.11. The second kappa shape index (κ2) is 7.10. The van der Waals surface area contributed by atoms with Crippen LogP contribution in [0.4, 0.5) is 0 Å². The van der Waals surface area contributed by atoms with Crippen LogP contribution in [-0.4, -0.2) is 36.1 Å². The number of fused-ring (bicyclic) bond motifs is 2. The number of rotatable bonds is 4. The quantitative estimate of drug-likeness (QED) is 0.851. The highest BCUT2D eigenvalue weighted by molar-refractivity contribution is 5.56. The third kappa shape index (κ3) is 3.31. The molecule has 4 rings (SSSR count). The largest absolute Gasteiger partial charge is 0.508 e. The van der Waals surface area contributed by atoms with Gasteiger partial charge in [0.2, 0.25) is 5.75 Å². The zero-order chi connectivity index (χ0) is 19.0. The predicted molar refractivity (Wildman–Crippen MR) is 99.5 cm³/mol. The molecule has 0 amide bonds. The Morgan fingerprint density at radius 1 is 1.04 bits per heavy atom. The maximum atomic E-state index is 10.6. The van der Waals surface area contributed by atoms with Gasteiger partial charge in [0, 0.05) is 11.6 Å². The van der Waals surface area contributed by atoms with E-state index in [1.54, 1.807) is 6.07 Å². The van der Waals surface area contributed by atoms with Crippen LogP contribution in [-0.2, 0) is 6.42 Å². The first-order chi connectivity index (χ1) is 13.1. The Morgan fingerprint density at radius 2 is 1.85 bits per heavy atom. The van der Waals surface area contributed by atoms with E-state index < -0.39 is 0 Å².